The molecule has 0 radical (unpaired) electrons. The van der Waals surface area contributed by atoms with E-state index in [-0.39, 0.29) is 5.91 Å². The number of hydrogen-bond acceptors (Lipinski definition) is 7. The normalized spacial score (nSPS) is 10.4. The van der Waals surface area contributed by atoms with Crippen LogP contribution in [0.3, 0.4) is 0 Å². The monoisotopic (exact) mass is 417 g/mol. The standard InChI is InChI=1S/C22H19N5O2S/c1-15-6-2-4-8-18(15)29-19-9-5-3-7-16(19)12-23-20-11-10-17(13-24-20)21(28)26-22-27-25-14-30-22/h2-11,13-14H,12H2,1H3,(H,23,24)(H,26,27,28). The Labute approximate surface area is 177 Å². The van der Waals surface area contributed by atoms with Gasteiger partial charge in [-0.05, 0) is 36.8 Å². The Hall–Kier alpha value is -3.78. The van der Waals surface area contributed by atoms with Gasteiger partial charge in [0.1, 0.15) is 22.8 Å². The van der Waals surface area contributed by atoms with Crippen LogP contribution >= 0.6 is 11.3 Å². The largest absolute Gasteiger partial charge is 0.457 e. The van der Waals surface area contributed by atoms with Crippen molar-refractivity contribution in [3.05, 3.63) is 89.1 Å². The van der Waals surface area contributed by atoms with Gasteiger partial charge in [-0.3, -0.25) is 10.1 Å². The van der Waals surface area contributed by atoms with Gasteiger partial charge in [-0.1, -0.05) is 47.7 Å². The molecule has 4 rings (SSSR count). The van der Waals surface area contributed by atoms with E-state index in [9.17, 15) is 4.79 Å². The summed E-state index contributed by atoms with van der Waals surface area (Å²) in [7, 11) is 0. The maximum absolute atomic E-state index is 12.2. The summed E-state index contributed by atoms with van der Waals surface area (Å²) in [6.45, 7) is 2.55. The van der Waals surface area contributed by atoms with E-state index >= 15 is 0 Å². The molecule has 1 amide bonds. The van der Waals surface area contributed by atoms with Gasteiger partial charge < -0.3 is 10.1 Å². The second-order valence-electron chi connectivity index (χ2n) is 6.46. The number of pyridine rings is 1. The van der Waals surface area contributed by atoms with Gasteiger partial charge in [-0.15, -0.1) is 10.2 Å². The molecule has 0 fully saturated rings. The molecule has 150 valence electrons. The van der Waals surface area contributed by atoms with E-state index < -0.39 is 0 Å². The third-order valence-electron chi connectivity index (χ3n) is 4.35. The van der Waals surface area contributed by atoms with E-state index in [0.29, 0.717) is 23.1 Å². The van der Waals surface area contributed by atoms with Gasteiger partial charge in [0.15, 0.2) is 0 Å². The van der Waals surface area contributed by atoms with Crippen LogP contribution in [0.4, 0.5) is 10.9 Å². The minimum Gasteiger partial charge on any atom is -0.457 e. The van der Waals surface area contributed by atoms with Crippen molar-refractivity contribution in [2.75, 3.05) is 10.6 Å². The molecule has 2 heterocycles. The molecule has 0 spiro atoms. The molecule has 0 aliphatic carbocycles. The van der Waals surface area contributed by atoms with Gasteiger partial charge in [0.05, 0.1) is 5.56 Å². The number of carbonyl (C=O) groups is 1. The first-order chi connectivity index (χ1) is 14.7. The van der Waals surface area contributed by atoms with Gasteiger partial charge in [0.2, 0.25) is 5.13 Å². The van der Waals surface area contributed by atoms with Crippen molar-refractivity contribution >= 4 is 28.2 Å². The highest BCUT2D eigenvalue weighted by Crippen LogP contribution is 2.28. The molecule has 0 aliphatic heterocycles. The number of amides is 1. The number of ether oxygens (including phenoxy) is 1. The molecule has 4 aromatic rings. The maximum Gasteiger partial charge on any atom is 0.259 e. The average Bonchev–Trinajstić information content (AvgIpc) is 3.28. The molecular weight excluding hydrogens is 398 g/mol. The van der Waals surface area contributed by atoms with Crippen LogP contribution in [0, 0.1) is 6.92 Å². The van der Waals surface area contributed by atoms with Crippen molar-refractivity contribution in [3.8, 4) is 11.5 Å². The first kappa shape index (κ1) is 19.5. The summed E-state index contributed by atoms with van der Waals surface area (Å²) in [6.07, 6.45) is 1.52. The summed E-state index contributed by atoms with van der Waals surface area (Å²) < 4.78 is 6.11. The van der Waals surface area contributed by atoms with Crippen molar-refractivity contribution < 1.29 is 9.53 Å². The predicted molar refractivity (Wildman–Crippen MR) is 117 cm³/mol. The summed E-state index contributed by atoms with van der Waals surface area (Å²) in [6, 6.07) is 19.2. The minimum atomic E-state index is -0.275. The van der Waals surface area contributed by atoms with E-state index in [0.717, 1.165) is 22.6 Å². The average molecular weight is 417 g/mol. The summed E-state index contributed by atoms with van der Waals surface area (Å²) in [5.41, 5.74) is 4.07. The lowest BCUT2D eigenvalue weighted by molar-refractivity contribution is 0.102. The number of nitrogens with one attached hydrogen (secondary N) is 2. The smallest absolute Gasteiger partial charge is 0.259 e. The molecule has 7 nitrogen and oxygen atoms in total. The zero-order valence-corrected chi connectivity index (χ0v) is 17.0. The van der Waals surface area contributed by atoms with Crippen molar-refractivity contribution in [2.24, 2.45) is 0 Å². The number of hydrogen-bond donors (Lipinski definition) is 2. The van der Waals surface area contributed by atoms with E-state index in [1.54, 1.807) is 17.6 Å². The molecule has 0 aliphatic rings. The number of anilines is 2. The van der Waals surface area contributed by atoms with Crippen LogP contribution in [-0.2, 0) is 6.54 Å². The lowest BCUT2D eigenvalue weighted by Crippen LogP contribution is -2.12. The van der Waals surface area contributed by atoms with Crippen LogP contribution in [0.25, 0.3) is 0 Å². The Morgan fingerprint density at radius 2 is 1.83 bits per heavy atom. The molecule has 0 saturated carbocycles. The van der Waals surface area contributed by atoms with Crippen molar-refractivity contribution in [2.45, 2.75) is 13.5 Å². The van der Waals surface area contributed by atoms with Gasteiger partial charge in [0.25, 0.3) is 5.91 Å². The molecule has 0 saturated heterocycles. The second-order valence-corrected chi connectivity index (χ2v) is 7.29. The third kappa shape index (κ3) is 4.79. The summed E-state index contributed by atoms with van der Waals surface area (Å²) in [5, 5.41) is 13.9. The molecule has 2 aromatic heterocycles. The van der Waals surface area contributed by atoms with Gasteiger partial charge >= 0.3 is 0 Å². The highest BCUT2D eigenvalue weighted by molar-refractivity contribution is 7.13. The molecule has 2 N–H and O–H groups in total. The molecule has 8 heteroatoms. The van der Waals surface area contributed by atoms with Gasteiger partial charge in [-0.25, -0.2) is 4.98 Å². The summed E-state index contributed by atoms with van der Waals surface area (Å²) >= 11 is 1.26. The summed E-state index contributed by atoms with van der Waals surface area (Å²) in [5.74, 6) is 2.00. The topological polar surface area (TPSA) is 89.0 Å². The fraction of sp³-hybridized carbons (Fsp3) is 0.0909. The molecule has 2 aromatic carbocycles. The molecule has 0 bridgehead atoms. The number of aryl methyl sites for hydroxylation is 1. The predicted octanol–water partition coefficient (Wildman–Crippen LogP) is 4.90. The van der Waals surface area contributed by atoms with Gasteiger partial charge in [-0.2, -0.15) is 0 Å². The Morgan fingerprint density at radius 3 is 2.57 bits per heavy atom. The number of carbonyl (C=O) groups excluding carboxylic acids is 1. The zero-order chi connectivity index (χ0) is 20.8. The number of benzene rings is 2. The van der Waals surface area contributed by atoms with Crippen LogP contribution in [0.15, 0.2) is 72.4 Å². The fourth-order valence-corrected chi connectivity index (χ4v) is 3.19. The molecule has 30 heavy (non-hydrogen) atoms. The SMILES string of the molecule is Cc1ccccc1Oc1ccccc1CNc1ccc(C(=O)Nc2nncs2)cn1. The number of aromatic nitrogens is 3. The highest BCUT2D eigenvalue weighted by atomic mass is 32.1. The van der Waals surface area contributed by atoms with E-state index in [2.05, 4.69) is 25.8 Å². The lowest BCUT2D eigenvalue weighted by Gasteiger charge is -2.13. The van der Waals surface area contributed by atoms with Crippen LogP contribution in [0.5, 0.6) is 11.5 Å². The summed E-state index contributed by atoms with van der Waals surface area (Å²) in [4.78, 5) is 16.5. The second kappa shape index (κ2) is 9.15. The Bertz CT molecular complexity index is 1130. The lowest BCUT2D eigenvalue weighted by atomic mass is 10.2. The van der Waals surface area contributed by atoms with Crippen molar-refractivity contribution in [1.82, 2.24) is 15.2 Å². The molecule has 0 unspecified atom stereocenters. The number of nitrogens with zero attached hydrogens (tertiary/aromatic N) is 3. The van der Waals surface area contributed by atoms with Crippen molar-refractivity contribution in [3.63, 3.8) is 0 Å². The quantitative estimate of drug-likeness (QED) is 0.445. The first-order valence-electron chi connectivity index (χ1n) is 9.28. The van der Waals surface area contributed by atoms with Gasteiger partial charge in [0, 0.05) is 18.3 Å². The van der Waals surface area contributed by atoms with Crippen LogP contribution in [0.2, 0.25) is 0 Å². The first-order valence-corrected chi connectivity index (χ1v) is 10.2. The van der Waals surface area contributed by atoms with Crippen LogP contribution in [0.1, 0.15) is 21.5 Å². The Kier molecular flexibility index (Phi) is 5.95. The van der Waals surface area contributed by atoms with Crippen LogP contribution < -0.4 is 15.4 Å². The Morgan fingerprint density at radius 1 is 1.03 bits per heavy atom. The Balaban J connectivity index is 1.40. The molecule has 0 atom stereocenters. The van der Waals surface area contributed by atoms with E-state index in [1.807, 2.05) is 55.5 Å². The fourth-order valence-electron chi connectivity index (χ4n) is 2.75. The third-order valence-corrected chi connectivity index (χ3v) is 4.96. The number of rotatable bonds is 7. The zero-order valence-electron chi connectivity index (χ0n) is 16.2. The van der Waals surface area contributed by atoms with E-state index in [4.69, 9.17) is 4.74 Å². The highest BCUT2D eigenvalue weighted by Gasteiger charge is 2.10. The minimum absolute atomic E-state index is 0.275. The van der Waals surface area contributed by atoms with Crippen LogP contribution in [-0.4, -0.2) is 21.1 Å². The molecular formula is C22H19N5O2S. The number of para-hydroxylation sites is 2. The van der Waals surface area contributed by atoms with Crippen molar-refractivity contribution in [1.29, 1.82) is 0 Å². The van der Waals surface area contributed by atoms with E-state index in [1.165, 1.54) is 17.5 Å². The maximum atomic E-state index is 12.2.